The Morgan fingerprint density at radius 3 is 3.06 bits per heavy atom. The Bertz CT molecular complexity index is 447. The molecule has 1 aromatic carbocycles. The fourth-order valence-electron chi connectivity index (χ4n) is 1.19. The standard InChI is InChI=1S/C11H12N4O/c12-11(16)10-6-3-5-9(8-10)4-1-2-7-14-15-13/h1,3-6,8H,2,7H2,(H2,12,16). The van der Waals surface area contributed by atoms with Crippen LogP contribution in [0.4, 0.5) is 0 Å². The van der Waals surface area contributed by atoms with Gasteiger partial charge < -0.3 is 5.73 Å². The molecule has 0 aliphatic rings. The normalized spacial score (nSPS) is 10.0. The average molecular weight is 216 g/mol. The molecule has 16 heavy (non-hydrogen) atoms. The Kier molecular flexibility index (Phi) is 4.63. The summed E-state index contributed by atoms with van der Waals surface area (Å²) >= 11 is 0. The van der Waals surface area contributed by atoms with Crippen molar-refractivity contribution in [2.45, 2.75) is 6.42 Å². The van der Waals surface area contributed by atoms with Gasteiger partial charge in [-0.2, -0.15) is 0 Å². The van der Waals surface area contributed by atoms with E-state index in [9.17, 15) is 4.79 Å². The largest absolute Gasteiger partial charge is 0.366 e. The molecular formula is C11H12N4O. The number of amides is 1. The van der Waals surface area contributed by atoms with Crippen molar-refractivity contribution in [3.8, 4) is 0 Å². The third-order valence-electron chi connectivity index (χ3n) is 1.94. The van der Waals surface area contributed by atoms with Crippen molar-refractivity contribution in [2.75, 3.05) is 6.54 Å². The van der Waals surface area contributed by atoms with Gasteiger partial charge in [0, 0.05) is 17.0 Å². The van der Waals surface area contributed by atoms with Gasteiger partial charge in [-0.15, -0.1) is 0 Å². The number of hydrogen-bond donors (Lipinski definition) is 1. The summed E-state index contributed by atoms with van der Waals surface area (Å²) in [7, 11) is 0. The highest BCUT2D eigenvalue weighted by atomic mass is 16.1. The van der Waals surface area contributed by atoms with Crippen LogP contribution in [0.1, 0.15) is 22.3 Å². The Balaban J connectivity index is 2.63. The second kappa shape index (κ2) is 6.27. The van der Waals surface area contributed by atoms with Crippen molar-refractivity contribution in [1.82, 2.24) is 0 Å². The molecular weight excluding hydrogens is 204 g/mol. The molecule has 82 valence electrons. The first kappa shape index (κ1) is 11.8. The lowest BCUT2D eigenvalue weighted by atomic mass is 10.1. The minimum Gasteiger partial charge on any atom is -0.366 e. The summed E-state index contributed by atoms with van der Waals surface area (Å²) in [5, 5.41) is 3.40. The molecule has 0 heterocycles. The number of carbonyl (C=O) groups is 1. The SMILES string of the molecule is [N-]=[N+]=NCCC=Cc1cccc(C(N)=O)c1. The quantitative estimate of drug-likeness (QED) is 0.348. The second-order valence-corrected chi connectivity index (χ2v) is 3.14. The number of nitrogens with two attached hydrogens (primary N) is 1. The van der Waals surface area contributed by atoms with Crippen molar-refractivity contribution in [2.24, 2.45) is 10.8 Å². The van der Waals surface area contributed by atoms with Crippen LogP contribution in [0.2, 0.25) is 0 Å². The van der Waals surface area contributed by atoms with Crippen LogP contribution >= 0.6 is 0 Å². The number of primary amides is 1. The fourth-order valence-corrected chi connectivity index (χ4v) is 1.19. The predicted molar refractivity (Wildman–Crippen MR) is 62.6 cm³/mol. The number of hydrogen-bond acceptors (Lipinski definition) is 2. The van der Waals surface area contributed by atoms with Crippen molar-refractivity contribution in [1.29, 1.82) is 0 Å². The lowest BCUT2D eigenvalue weighted by molar-refractivity contribution is 0.100. The van der Waals surface area contributed by atoms with E-state index in [0.29, 0.717) is 18.5 Å². The van der Waals surface area contributed by atoms with Crippen molar-refractivity contribution >= 4 is 12.0 Å². The maximum Gasteiger partial charge on any atom is 0.248 e. The highest BCUT2D eigenvalue weighted by Crippen LogP contribution is 2.07. The van der Waals surface area contributed by atoms with Crippen molar-refractivity contribution in [3.63, 3.8) is 0 Å². The van der Waals surface area contributed by atoms with Crippen LogP contribution in [0.3, 0.4) is 0 Å². The number of nitrogens with zero attached hydrogens (tertiary/aromatic N) is 3. The highest BCUT2D eigenvalue weighted by Gasteiger charge is 1.98. The number of benzene rings is 1. The van der Waals surface area contributed by atoms with Crippen LogP contribution < -0.4 is 5.73 Å². The summed E-state index contributed by atoms with van der Waals surface area (Å²) < 4.78 is 0. The lowest BCUT2D eigenvalue weighted by Crippen LogP contribution is -2.10. The molecule has 0 aromatic heterocycles. The molecule has 0 atom stereocenters. The van der Waals surface area contributed by atoms with Crippen LogP contribution in [-0.4, -0.2) is 12.5 Å². The molecule has 2 N–H and O–H groups in total. The summed E-state index contributed by atoms with van der Waals surface area (Å²) in [5.41, 5.74) is 14.6. The first-order valence-corrected chi connectivity index (χ1v) is 4.81. The molecule has 0 bridgehead atoms. The molecule has 0 radical (unpaired) electrons. The molecule has 1 rings (SSSR count). The summed E-state index contributed by atoms with van der Waals surface area (Å²) in [5.74, 6) is -0.440. The van der Waals surface area contributed by atoms with E-state index in [1.165, 1.54) is 0 Å². The Morgan fingerprint density at radius 1 is 1.56 bits per heavy atom. The maximum absolute atomic E-state index is 10.9. The van der Waals surface area contributed by atoms with E-state index in [1.54, 1.807) is 18.2 Å². The summed E-state index contributed by atoms with van der Waals surface area (Å²) in [6.45, 7) is 0.433. The van der Waals surface area contributed by atoms with Gasteiger partial charge in [0.15, 0.2) is 0 Å². The van der Waals surface area contributed by atoms with Gasteiger partial charge in [-0.25, -0.2) is 0 Å². The molecule has 1 amide bonds. The number of carbonyl (C=O) groups excluding carboxylic acids is 1. The van der Waals surface area contributed by atoms with Crippen molar-refractivity contribution in [3.05, 3.63) is 51.9 Å². The van der Waals surface area contributed by atoms with Gasteiger partial charge in [0.05, 0.1) is 0 Å². The summed E-state index contributed by atoms with van der Waals surface area (Å²) in [6.07, 6.45) is 4.42. The molecule has 5 heteroatoms. The monoisotopic (exact) mass is 216 g/mol. The zero-order valence-corrected chi connectivity index (χ0v) is 8.71. The van der Waals surface area contributed by atoms with E-state index >= 15 is 0 Å². The van der Waals surface area contributed by atoms with E-state index in [0.717, 1.165) is 5.56 Å². The first-order valence-electron chi connectivity index (χ1n) is 4.81. The van der Waals surface area contributed by atoms with Gasteiger partial charge in [0.2, 0.25) is 5.91 Å². The Labute approximate surface area is 93.2 Å². The Morgan fingerprint density at radius 2 is 2.38 bits per heavy atom. The van der Waals surface area contributed by atoms with Gasteiger partial charge in [-0.3, -0.25) is 4.79 Å². The lowest BCUT2D eigenvalue weighted by Gasteiger charge is -1.97. The number of rotatable bonds is 5. The molecule has 5 nitrogen and oxygen atoms in total. The summed E-state index contributed by atoms with van der Waals surface area (Å²) in [6, 6.07) is 7.02. The van der Waals surface area contributed by atoms with E-state index in [-0.39, 0.29) is 0 Å². The molecule has 0 unspecified atom stereocenters. The number of azide groups is 1. The van der Waals surface area contributed by atoms with Gasteiger partial charge in [-0.05, 0) is 29.6 Å². The average Bonchev–Trinajstić information content (AvgIpc) is 2.29. The minimum absolute atomic E-state index is 0.433. The van der Waals surface area contributed by atoms with Crippen molar-refractivity contribution < 1.29 is 4.79 Å². The summed E-state index contributed by atoms with van der Waals surface area (Å²) in [4.78, 5) is 13.6. The van der Waals surface area contributed by atoms with Gasteiger partial charge in [-0.1, -0.05) is 29.4 Å². The molecule has 0 aliphatic heterocycles. The molecule has 1 aromatic rings. The van der Waals surface area contributed by atoms with Gasteiger partial charge in [0.25, 0.3) is 0 Å². The first-order chi connectivity index (χ1) is 7.74. The van der Waals surface area contributed by atoms with Gasteiger partial charge >= 0.3 is 0 Å². The van der Waals surface area contributed by atoms with Crippen LogP contribution in [0.25, 0.3) is 16.5 Å². The molecule has 0 fully saturated rings. The zero-order valence-electron chi connectivity index (χ0n) is 8.71. The van der Waals surface area contributed by atoms with Crippen LogP contribution in [0.15, 0.2) is 35.5 Å². The smallest absolute Gasteiger partial charge is 0.248 e. The Hall–Kier alpha value is -2.26. The highest BCUT2D eigenvalue weighted by molar-refractivity contribution is 5.93. The minimum atomic E-state index is -0.440. The van der Waals surface area contributed by atoms with E-state index in [4.69, 9.17) is 11.3 Å². The van der Waals surface area contributed by atoms with Crippen LogP contribution in [0.5, 0.6) is 0 Å². The second-order valence-electron chi connectivity index (χ2n) is 3.14. The molecule has 0 aliphatic carbocycles. The predicted octanol–water partition coefficient (Wildman–Crippen LogP) is 2.50. The van der Waals surface area contributed by atoms with Crippen LogP contribution in [0, 0.1) is 0 Å². The maximum atomic E-state index is 10.9. The zero-order chi connectivity index (χ0) is 11.8. The third-order valence-corrected chi connectivity index (χ3v) is 1.94. The van der Waals surface area contributed by atoms with E-state index in [1.807, 2.05) is 18.2 Å². The van der Waals surface area contributed by atoms with E-state index < -0.39 is 5.91 Å². The van der Waals surface area contributed by atoms with E-state index in [2.05, 4.69) is 10.0 Å². The fraction of sp³-hybridized carbons (Fsp3) is 0.182. The topological polar surface area (TPSA) is 91.8 Å². The third kappa shape index (κ3) is 3.86. The van der Waals surface area contributed by atoms with Crippen LogP contribution in [-0.2, 0) is 0 Å². The molecule has 0 spiro atoms. The molecule has 0 saturated heterocycles. The van der Waals surface area contributed by atoms with Gasteiger partial charge in [0.1, 0.15) is 0 Å². The molecule has 0 saturated carbocycles.